The van der Waals surface area contributed by atoms with Gasteiger partial charge in [-0.2, -0.15) is 0 Å². The Morgan fingerprint density at radius 2 is 1.02 bits per heavy atom. The molecule has 0 heterocycles. The lowest BCUT2D eigenvalue weighted by Crippen LogP contribution is -2.08. The fraction of sp³-hybridized carbons (Fsp3) is 0.595. The lowest BCUT2D eigenvalue weighted by Gasteiger charge is -2.04. The monoisotopic (exact) mass is 716 g/mol. The van der Waals surface area contributed by atoms with Crippen LogP contribution in [-0.2, 0) is 22.3 Å². The number of rotatable bonds is 24. The molecule has 268 valence electrons. The second kappa shape index (κ2) is 41.7. The van der Waals surface area contributed by atoms with Crippen LogP contribution < -0.4 is 0 Å². The summed E-state index contributed by atoms with van der Waals surface area (Å²) >= 11 is 3.13. The van der Waals surface area contributed by atoms with E-state index in [1.54, 1.807) is 6.08 Å². The van der Waals surface area contributed by atoms with Crippen molar-refractivity contribution < 1.29 is 19.4 Å². The van der Waals surface area contributed by atoms with E-state index in [4.69, 9.17) is 9.84 Å². The van der Waals surface area contributed by atoms with E-state index in [0.717, 1.165) is 43.9 Å². The minimum Gasteiger partial charge on any atom is -0.434 e. The SMILES string of the molecule is C=CCBr.C=CCOC(=O)OCCCCc1ccccc1.CCCCCCCCCCCCCCC.OCCCCc1ccccc1. The van der Waals surface area contributed by atoms with Gasteiger partial charge in [-0.15, -0.1) is 6.58 Å². The van der Waals surface area contributed by atoms with Crippen molar-refractivity contribution >= 4 is 22.1 Å². The first-order valence-corrected chi connectivity index (χ1v) is 19.5. The number of unbranched alkanes of at least 4 members (excludes halogenated alkanes) is 14. The third-order valence-electron chi connectivity index (χ3n) is 7.27. The molecule has 0 amide bonds. The zero-order valence-electron chi connectivity index (χ0n) is 30.2. The molecule has 0 saturated carbocycles. The van der Waals surface area contributed by atoms with Gasteiger partial charge in [-0.1, -0.05) is 193 Å². The second-order valence-corrected chi connectivity index (χ2v) is 12.3. The van der Waals surface area contributed by atoms with Crippen LogP contribution in [0, 0.1) is 0 Å². The molecule has 0 aromatic heterocycles. The third kappa shape index (κ3) is 39.7. The number of carbonyl (C=O) groups excluding carboxylic acids is 1. The summed E-state index contributed by atoms with van der Waals surface area (Å²) in [5.74, 6) is 0. The van der Waals surface area contributed by atoms with E-state index >= 15 is 0 Å². The fourth-order valence-corrected chi connectivity index (χ4v) is 4.58. The van der Waals surface area contributed by atoms with E-state index < -0.39 is 6.16 Å². The number of benzene rings is 2. The first kappa shape index (κ1) is 46.7. The molecule has 0 fully saturated rings. The Bertz CT molecular complexity index is 876. The van der Waals surface area contributed by atoms with Gasteiger partial charge in [-0.3, -0.25) is 0 Å². The van der Waals surface area contributed by atoms with Crippen molar-refractivity contribution in [1.82, 2.24) is 0 Å². The predicted octanol–water partition coefficient (Wildman–Crippen LogP) is 13.0. The quantitative estimate of drug-likeness (QED) is 0.0508. The molecule has 0 aliphatic carbocycles. The van der Waals surface area contributed by atoms with Gasteiger partial charge < -0.3 is 14.6 Å². The average molecular weight is 718 g/mol. The maximum absolute atomic E-state index is 10.9. The highest BCUT2D eigenvalue weighted by molar-refractivity contribution is 9.09. The van der Waals surface area contributed by atoms with Crippen molar-refractivity contribution in [2.24, 2.45) is 0 Å². The molecule has 0 spiro atoms. The summed E-state index contributed by atoms with van der Waals surface area (Å²) < 4.78 is 9.55. The van der Waals surface area contributed by atoms with Gasteiger partial charge in [0.1, 0.15) is 6.61 Å². The molecule has 2 aromatic rings. The van der Waals surface area contributed by atoms with E-state index in [2.05, 4.69) is 71.9 Å². The molecule has 0 bridgehead atoms. The summed E-state index contributed by atoms with van der Waals surface area (Å²) in [5.41, 5.74) is 2.67. The van der Waals surface area contributed by atoms with Crippen molar-refractivity contribution in [2.45, 2.75) is 136 Å². The molecule has 2 rings (SSSR count). The van der Waals surface area contributed by atoms with Crippen LogP contribution in [0.3, 0.4) is 0 Å². The fourth-order valence-electron chi connectivity index (χ4n) is 4.58. The molecule has 0 radical (unpaired) electrons. The number of carbonyl (C=O) groups is 1. The van der Waals surface area contributed by atoms with Crippen LogP contribution in [0.1, 0.15) is 134 Å². The maximum Gasteiger partial charge on any atom is 0.508 e. The van der Waals surface area contributed by atoms with Crippen LogP contribution in [0.5, 0.6) is 0 Å². The van der Waals surface area contributed by atoms with Crippen LogP contribution in [0.15, 0.2) is 86.0 Å². The normalized spacial score (nSPS) is 9.79. The largest absolute Gasteiger partial charge is 0.508 e. The Hall–Kier alpha value is -2.37. The molecule has 0 unspecified atom stereocenters. The number of aryl methyl sites for hydroxylation is 2. The van der Waals surface area contributed by atoms with Crippen molar-refractivity contribution in [3.05, 3.63) is 97.1 Å². The number of hydrogen-bond acceptors (Lipinski definition) is 4. The Kier molecular flexibility index (Phi) is 41.4. The van der Waals surface area contributed by atoms with Gasteiger partial charge in [-0.05, 0) is 49.7 Å². The number of aliphatic hydroxyl groups is 1. The highest BCUT2D eigenvalue weighted by Crippen LogP contribution is 2.12. The topological polar surface area (TPSA) is 55.8 Å². The smallest absolute Gasteiger partial charge is 0.434 e. The Morgan fingerprint density at radius 3 is 1.38 bits per heavy atom. The van der Waals surface area contributed by atoms with E-state index in [9.17, 15) is 4.79 Å². The summed E-state index contributed by atoms with van der Waals surface area (Å²) in [6.07, 6.45) is 27.5. The van der Waals surface area contributed by atoms with E-state index in [-0.39, 0.29) is 6.61 Å². The molecular formula is C42H69BrO4. The molecule has 0 atom stereocenters. The molecule has 1 N–H and O–H groups in total. The molecule has 5 heteroatoms. The Labute approximate surface area is 298 Å². The molecule has 0 saturated heterocycles. The van der Waals surface area contributed by atoms with E-state index in [1.807, 2.05) is 36.4 Å². The minimum atomic E-state index is -0.621. The Morgan fingerprint density at radius 1 is 0.617 bits per heavy atom. The highest BCUT2D eigenvalue weighted by Gasteiger charge is 2.01. The van der Waals surface area contributed by atoms with Crippen molar-refractivity contribution in [1.29, 1.82) is 0 Å². The van der Waals surface area contributed by atoms with E-state index in [1.165, 1.54) is 101 Å². The predicted molar refractivity (Wildman–Crippen MR) is 209 cm³/mol. The number of hydrogen-bond donors (Lipinski definition) is 1. The van der Waals surface area contributed by atoms with Gasteiger partial charge >= 0.3 is 6.16 Å². The van der Waals surface area contributed by atoms with Crippen LogP contribution in [0.4, 0.5) is 4.79 Å². The summed E-state index contributed by atoms with van der Waals surface area (Å²) in [6.45, 7) is 12.4. The van der Waals surface area contributed by atoms with Gasteiger partial charge in [0.25, 0.3) is 0 Å². The molecular weight excluding hydrogens is 648 g/mol. The van der Waals surface area contributed by atoms with Gasteiger partial charge in [0.2, 0.25) is 0 Å². The maximum atomic E-state index is 10.9. The van der Waals surface area contributed by atoms with Crippen LogP contribution >= 0.6 is 15.9 Å². The van der Waals surface area contributed by atoms with Gasteiger partial charge in [0.15, 0.2) is 0 Å². The second-order valence-electron chi connectivity index (χ2n) is 11.6. The minimum absolute atomic E-state index is 0.197. The summed E-state index contributed by atoms with van der Waals surface area (Å²) in [4.78, 5) is 10.9. The van der Waals surface area contributed by atoms with Crippen LogP contribution in [0.25, 0.3) is 0 Å². The zero-order valence-corrected chi connectivity index (χ0v) is 31.7. The third-order valence-corrected chi connectivity index (χ3v) is 7.73. The van der Waals surface area contributed by atoms with Crippen molar-refractivity contribution in [2.75, 3.05) is 25.2 Å². The van der Waals surface area contributed by atoms with Crippen LogP contribution in [-0.4, -0.2) is 36.4 Å². The molecule has 4 nitrogen and oxygen atoms in total. The lowest BCUT2D eigenvalue weighted by atomic mass is 10.1. The molecule has 0 aliphatic rings. The summed E-state index contributed by atoms with van der Waals surface area (Å²) in [6, 6.07) is 20.6. The van der Waals surface area contributed by atoms with Gasteiger partial charge in [0, 0.05) is 11.9 Å². The number of halogens is 1. The lowest BCUT2D eigenvalue weighted by molar-refractivity contribution is 0.0621. The van der Waals surface area contributed by atoms with E-state index in [0.29, 0.717) is 13.2 Å². The van der Waals surface area contributed by atoms with Gasteiger partial charge in [0.05, 0.1) is 6.61 Å². The van der Waals surface area contributed by atoms with Crippen molar-refractivity contribution in [3.63, 3.8) is 0 Å². The summed E-state index contributed by atoms with van der Waals surface area (Å²) in [5, 5.41) is 9.44. The van der Waals surface area contributed by atoms with Gasteiger partial charge in [-0.25, -0.2) is 4.79 Å². The molecule has 47 heavy (non-hydrogen) atoms. The van der Waals surface area contributed by atoms with Crippen LogP contribution in [0.2, 0.25) is 0 Å². The first-order chi connectivity index (χ1) is 23.1. The number of aliphatic hydroxyl groups excluding tert-OH is 1. The molecule has 2 aromatic carbocycles. The zero-order chi connectivity index (χ0) is 34.9. The number of allylic oxidation sites excluding steroid dienone is 1. The summed E-state index contributed by atoms with van der Waals surface area (Å²) in [7, 11) is 0. The standard InChI is InChI=1S/C15H32.C14H18O3.C10H14O.C3H5Br/c1-3-5-7-9-11-13-15-14-12-10-8-6-4-2;1-2-11-16-14(15)17-12-7-6-10-13-8-4-3-5-9-13;11-9-5-4-8-10-6-2-1-3-7-10;1-2-3-4/h3-15H2,1-2H3;2-5,8-9H,1,6-7,10-12H2;1-3,6-7,11H,4-5,8-9H2;2H,1,3H2. The van der Waals surface area contributed by atoms with Crippen molar-refractivity contribution in [3.8, 4) is 0 Å². The number of ether oxygens (including phenoxy) is 2. The number of alkyl halides is 1. The average Bonchev–Trinajstić information content (AvgIpc) is 3.11. The highest BCUT2D eigenvalue weighted by atomic mass is 79.9. The Balaban J connectivity index is 0. The molecule has 0 aliphatic heterocycles. The first-order valence-electron chi connectivity index (χ1n) is 18.3.